The van der Waals surface area contributed by atoms with Crippen molar-refractivity contribution in [1.82, 2.24) is 10.3 Å². The quantitative estimate of drug-likeness (QED) is 0.717. The van der Waals surface area contributed by atoms with E-state index in [0.717, 1.165) is 23.4 Å². The molecule has 1 amide bonds. The van der Waals surface area contributed by atoms with Gasteiger partial charge in [0, 0.05) is 17.5 Å². The molecule has 0 aliphatic heterocycles. The number of aryl methyl sites for hydroxylation is 1. The molecule has 0 bridgehead atoms. The second kappa shape index (κ2) is 9.32. The minimum atomic E-state index is -0.867. The molecule has 1 atom stereocenters. The maximum absolute atomic E-state index is 12.0. The Morgan fingerprint density at radius 2 is 1.96 bits per heavy atom. The fourth-order valence-corrected chi connectivity index (χ4v) is 3.35. The Bertz CT molecular complexity index is 710. The third kappa shape index (κ3) is 5.67. The lowest BCUT2D eigenvalue weighted by molar-refractivity contribution is -0.141. The predicted octanol–water partition coefficient (Wildman–Crippen LogP) is 3.53. The van der Waals surface area contributed by atoms with Crippen molar-refractivity contribution in [1.29, 1.82) is 0 Å². The topological polar surface area (TPSA) is 79.3 Å². The molecule has 2 aromatic rings. The van der Waals surface area contributed by atoms with Crippen molar-refractivity contribution in [3.63, 3.8) is 0 Å². The second-order valence-electron chi connectivity index (χ2n) is 6.00. The third-order valence-electron chi connectivity index (χ3n) is 4.03. The SMILES string of the molecule is CCCC(CNC(=O)Cc1csc(-c2ccc(CC)cc2)n1)C(=O)O. The van der Waals surface area contributed by atoms with E-state index in [0.29, 0.717) is 12.1 Å². The highest BCUT2D eigenvalue weighted by atomic mass is 32.1. The summed E-state index contributed by atoms with van der Waals surface area (Å²) in [7, 11) is 0. The first-order valence-corrected chi connectivity index (χ1v) is 9.44. The molecule has 0 fully saturated rings. The van der Waals surface area contributed by atoms with Gasteiger partial charge >= 0.3 is 5.97 Å². The zero-order chi connectivity index (χ0) is 18.2. The molecule has 0 saturated heterocycles. The monoisotopic (exact) mass is 360 g/mol. The van der Waals surface area contributed by atoms with Gasteiger partial charge in [0.2, 0.25) is 5.91 Å². The molecule has 0 radical (unpaired) electrons. The number of carboxylic acid groups (broad SMARTS) is 1. The summed E-state index contributed by atoms with van der Waals surface area (Å²) in [5.74, 6) is -1.59. The van der Waals surface area contributed by atoms with Crippen molar-refractivity contribution in [2.24, 2.45) is 5.92 Å². The Balaban J connectivity index is 1.91. The highest BCUT2D eigenvalue weighted by Gasteiger charge is 2.17. The summed E-state index contributed by atoms with van der Waals surface area (Å²) in [5, 5.41) is 14.6. The van der Waals surface area contributed by atoms with Crippen LogP contribution in [0.4, 0.5) is 0 Å². The molecule has 0 saturated carbocycles. The lowest BCUT2D eigenvalue weighted by atomic mass is 10.0. The minimum Gasteiger partial charge on any atom is -0.481 e. The van der Waals surface area contributed by atoms with Crippen molar-refractivity contribution in [3.8, 4) is 10.6 Å². The normalized spacial score (nSPS) is 11.9. The molecule has 134 valence electrons. The number of carbonyl (C=O) groups is 2. The fraction of sp³-hybridized carbons (Fsp3) is 0.421. The summed E-state index contributed by atoms with van der Waals surface area (Å²) in [5.41, 5.74) is 3.03. The molecular formula is C19H24N2O3S. The Kier molecular flexibility index (Phi) is 7.13. The third-order valence-corrected chi connectivity index (χ3v) is 4.97. The van der Waals surface area contributed by atoms with Crippen molar-refractivity contribution >= 4 is 23.2 Å². The van der Waals surface area contributed by atoms with Gasteiger partial charge in [-0.15, -0.1) is 11.3 Å². The number of thiazole rings is 1. The van der Waals surface area contributed by atoms with Crippen LogP contribution < -0.4 is 5.32 Å². The number of hydrogen-bond donors (Lipinski definition) is 2. The van der Waals surface area contributed by atoms with E-state index in [1.165, 1.54) is 16.9 Å². The van der Waals surface area contributed by atoms with Crippen molar-refractivity contribution in [2.75, 3.05) is 6.54 Å². The molecule has 6 heteroatoms. The molecule has 1 aromatic carbocycles. The molecule has 2 N–H and O–H groups in total. The maximum atomic E-state index is 12.0. The van der Waals surface area contributed by atoms with Gasteiger partial charge in [-0.25, -0.2) is 4.98 Å². The average molecular weight is 360 g/mol. The molecule has 1 aromatic heterocycles. The molecular weight excluding hydrogens is 336 g/mol. The first-order valence-electron chi connectivity index (χ1n) is 8.56. The molecule has 25 heavy (non-hydrogen) atoms. The Labute approximate surface area is 152 Å². The Morgan fingerprint density at radius 3 is 2.56 bits per heavy atom. The zero-order valence-electron chi connectivity index (χ0n) is 14.6. The number of amides is 1. The molecule has 1 unspecified atom stereocenters. The minimum absolute atomic E-state index is 0.164. The van der Waals surface area contributed by atoms with Crippen LogP contribution in [0.15, 0.2) is 29.6 Å². The highest BCUT2D eigenvalue weighted by Crippen LogP contribution is 2.24. The van der Waals surface area contributed by atoms with Crippen LogP contribution in [0.3, 0.4) is 0 Å². The zero-order valence-corrected chi connectivity index (χ0v) is 15.4. The van der Waals surface area contributed by atoms with Crippen molar-refractivity contribution < 1.29 is 14.7 Å². The second-order valence-corrected chi connectivity index (χ2v) is 6.86. The number of rotatable bonds is 9. The van der Waals surface area contributed by atoms with Crippen LogP contribution in [0, 0.1) is 5.92 Å². The van der Waals surface area contributed by atoms with Crippen molar-refractivity contribution in [3.05, 3.63) is 40.9 Å². The lowest BCUT2D eigenvalue weighted by Gasteiger charge is -2.11. The number of hydrogen-bond acceptors (Lipinski definition) is 4. The first-order chi connectivity index (χ1) is 12.0. The fourth-order valence-electron chi connectivity index (χ4n) is 2.53. The van der Waals surface area contributed by atoms with Gasteiger partial charge in [-0.2, -0.15) is 0 Å². The summed E-state index contributed by atoms with van der Waals surface area (Å²) < 4.78 is 0. The standard InChI is InChI=1S/C19H24N2O3S/c1-3-5-15(19(23)24)11-20-17(22)10-16-12-25-18(21-16)14-8-6-13(4-2)7-9-14/h6-9,12,15H,3-5,10-11H2,1-2H3,(H,20,22)(H,23,24). The molecule has 0 aliphatic rings. The number of nitrogens with one attached hydrogen (secondary N) is 1. The van der Waals surface area contributed by atoms with Gasteiger partial charge in [0.05, 0.1) is 18.0 Å². The summed E-state index contributed by atoms with van der Waals surface area (Å²) in [4.78, 5) is 27.7. The molecule has 1 heterocycles. The van der Waals surface area contributed by atoms with Gasteiger partial charge in [-0.05, 0) is 18.4 Å². The molecule has 0 aliphatic carbocycles. The van der Waals surface area contributed by atoms with Crippen LogP contribution in [0.5, 0.6) is 0 Å². The van der Waals surface area contributed by atoms with Crippen LogP contribution in [0.1, 0.15) is 37.9 Å². The lowest BCUT2D eigenvalue weighted by Crippen LogP contribution is -2.33. The number of benzene rings is 1. The molecule has 0 spiro atoms. The number of nitrogens with zero attached hydrogens (tertiary/aromatic N) is 1. The first kappa shape index (κ1) is 19.1. The summed E-state index contributed by atoms with van der Waals surface area (Å²) in [6.45, 7) is 4.21. The van der Waals surface area contributed by atoms with E-state index < -0.39 is 11.9 Å². The van der Waals surface area contributed by atoms with Crippen LogP contribution >= 0.6 is 11.3 Å². The van der Waals surface area contributed by atoms with E-state index in [4.69, 9.17) is 5.11 Å². The Hall–Kier alpha value is -2.21. The average Bonchev–Trinajstić information content (AvgIpc) is 3.06. The van der Waals surface area contributed by atoms with Crippen LogP contribution in [0.25, 0.3) is 10.6 Å². The van der Waals surface area contributed by atoms with E-state index in [1.54, 1.807) is 0 Å². The van der Waals surface area contributed by atoms with Gasteiger partial charge in [-0.3, -0.25) is 9.59 Å². The van der Waals surface area contributed by atoms with E-state index in [2.05, 4.69) is 29.4 Å². The Morgan fingerprint density at radius 1 is 1.24 bits per heavy atom. The van der Waals surface area contributed by atoms with Crippen LogP contribution in [-0.4, -0.2) is 28.5 Å². The van der Waals surface area contributed by atoms with Gasteiger partial charge in [-0.1, -0.05) is 44.5 Å². The number of aliphatic carboxylic acids is 1. The highest BCUT2D eigenvalue weighted by molar-refractivity contribution is 7.13. The summed E-state index contributed by atoms with van der Waals surface area (Å²) in [6.07, 6.45) is 2.50. The van der Waals surface area contributed by atoms with Gasteiger partial charge < -0.3 is 10.4 Å². The number of carbonyl (C=O) groups excluding carboxylic acids is 1. The maximum Gasteiger partial charge on any atom is 0.308 e. The van der Waals surface area contributed by atoms with Gasteiger partial charge in [0.1, 0.15) is 5.01 Å². The van der Waals surface area contributed by atoms with E-state index in [-0.39, 0.29) is 18.9 Å². The predicted molar refractivity (Wildman–Crippen MR) is 99.7 cm³/mol. The van der Waals surface area contributed by atoms with E-state index >= 15 is 0 Å². The van der Waals surface area contributed by atoms with Crippen molar-refractivity contribution in [2.45, 2.75) is 39.5 Å². The summed E-state index contributed by atoms with van der Waals surface area (Å²) in [6, 6.07) is 8.26. The van der Waals surface area contributed by atoms with Gasteiger partial charge in [0.15, 0.2) is 0 Å². The largest absolute Gasteiger partial charge is 0.481 e. The number of aromatic nitrogens is 1. The van der Waals surface area contributed by atoms with Gasteiger partial charge in [0.25, 0.3) is 0 Å². The van der Waals surface area contributed by atoms with Crippen LogP contribution in [0.2, 0.25) is 0 Å². The van der Waals surface area contributed by atoms with Crippen LogP contribution in [-0.2, 0) is 22.4 Å². The molecule has 2 rings (SSSR count). The smallest absolute Gasteiger partial charge is 0.308 e. The molecule has 5 nitrogen and oxygen atoms in total. The van der Waals surface area contributed by atoms with E-state index in [9.17, 15) is 9.59 Å². The van der Waals surface area contributed by atoms with E-state index in [1.807, 2.05) is 24.4 Å². The number of carboxylic acids is 1. The summed E-state index contributed by atoms with van der Waals surface area (Å²) >= 11 is 1.51.